The van der Waals surface area contributed by atoms with E-state index in [1.807, 2.05) is 38.1 Å². The van der Waals surface area contributed by atoms with Crippen molar-refractivity contribution in [2.75, 3.05) is 52.6 Å². The molecule has 2 fully saturated rings. The molecule has 2 aromatic rings. The molecule has 0 saturated carbocycles. The highest BCUT2D eigenvalue weighted by Crippen LogP contribution is 2.40. The minimum absolute atomic E-state index is 0.103. The van der Waals surface area contributed by atoms with E-state index in [4.69, 9.17) is 14.2 Å². The standard InChI is InChI=1S/C30H38N2O6/c1-3-18-37-24-10-6-22(7-11-24)27-26(28(33)23-8-12-25(13-9-23)38-19-4-2)29(34)30(35)32(27)15-5-14-31-16-20-36-21-17-31/h6-13,27,33H,3-5,14-21H2,1-2H3/t27-/m1/s1. The van der Waals surface area contributed by atoms with Crippen LogP contribution in [0.3, 0.4) is 0 Å². The Morgan fingerprint density at radius 3 is 2.05 bits per heavy atom. The summed E-state index contributed by atoms with van der Waals surface area (Å²) in [4.78, 5) is 30.5. The van der Waals surface area contributed by atoms with Crippen LogP contribution in [0.1, 0.15) is 50.3 Å². The molecule has 2 aromatic carbocycles. The Morgan fingerprint density at radius 1 is 0.895 bits per heavy atom. The fraction of sp³-hybridized carbons (Fsp3) is 0.467. The number of Topliss-reactive ketones (excluding diaryl/α,β-unsaturated/α-hetero) is 1. The van der Waals surface area contributed by atoms with Crippen LogP contribution in [0.15, 0.2) is 54.1 Å². The number of morpholine rings is 1. The summed E-state index contributed by atoms with van der Waals surface area (Å²) in [5, 5.41) is 11.3. The van der Waals surface area contributed by atoms with Gasteiger partial charge >= 0.3 is 0 Å². The van der Waals surface area contributed by atoms with Gasteiger partial charge in [0.25, 0.3) is 11.7 Å². The van der Waals surface area contributed by atoms with Crippen LogP contribution in [-0.4, -0.2) is 79.2 Å². The van der Waals surface area contributed by atoms with E-state index in [-0.39, 0.29) is 11.3 Å². The Morgan fingerprint density at radius 2 is 1.47 bits per heavy atom. The third-order valence-electron chi connectivity index (χ3n) is 6.79. The summed E-state index contributed by atoms with van der Waals surface area (Å²) in [6.07, 6.45) is 2.50. The summed E-state index contributed by atoms with van der Waals surface area (Å²) in [6, 6.07) is 13.7. The normalized spacial score (nSPS) is 19.6. The van der Waals surface area contributed by atoms with E-state index >= 15 is 0 Å². The molecule has 2 heterocycles. The maximum Gasteiger partial charge on any atom is 0.295 e. The third kappa shape index (κ3) is 6.55. The smallest absolute Gasteiger partial charge is 0.295 e. The molecular weight excluding hydrogens is 484 g/mol. The Bertz CT molecular complexity index is 1110. The molecule has 1 atom stereocenters. The molecule has 8 nitrogen and oxygen atoms in total. The lowest BCUT2D eigenvalue weighted by Crippen LogP contribution is -2.38. The fourth-order valence-electron chi connectivity index (χ4n) is 4.80. The van der Waals surface area contributed by atoms with Crippen molar-refractivity contribution in [1.82, 2.24) is 9.80 Å². The van der Waals surface area contributed by atoms with Crippen molar-refractivity contribution in [2.24, 2.45) is 0 Å². The van der Waals surface area contributed by atoms with Crippen molar-refractivity contribution < 1.29 is 28.9 Å². The first-order chi connectivity index (χ1) is 18.5. The van der Waals surface area contributed by atoms with E-state index in [1.54, 1.807) is 29.2 Å². The zero-order valence-corrected chi connectivity index (χ0v) is 22.4. The lowest BCUT2D eigenvalue weighted by atomic mass is 9.95. The Hall–Kier alpha value is -3.36. The molecule has 8 heteroatoms. The highest BCUT2D eigenvalue weighted by atomic mass is 16.5. The highest BCUT2D eigenvalue weighted by molar-refractivity contribution is 6.46. The number of aliphatic hydroxyl groups excluding tert-OH is 1. The first-order valence-electron chi connectivity index (χ1n) is 13.6. The molecule has 1 N–H and O–H groups in total. The van der Waals surface area contributed by atoms with Crippen LogP contribution in [0.2, 0.25) is 0 Å². The molecule has 0 spiro atoms. The summed E-state index contributed by atoms with van der Waals surface area (Å²) in [5.74, 6) is -0.0321. The Labute approximate surface area is 224 Å². The molecule has 0 radical (unpaired) electrons. The van der Waals surface area contributed by atoms with E-state index < -0.39 is 17.7 Å². The molecule has 4 rings (SSSR count). The van der Waals surface area contributed by atoms with Crippen LogP contribution in [0.5, 0.6) is 11.5 Å². The van der Waals surface area contributed by atoms with Gasteiger partial charge in [-0.2, -0.15) is 0 Å². The van der Waals surface area contributed by atoms with Crippen molar-refractivity contribution in [1.29, 1.82) is 0 Å². The average Bonchev–Trinajstić information content (AvgIpc) is 3.21. The van der Waals surface area contributed by atoms with Gasteiger partial charge in [-0.1, -0.05) is 26.0 Å². The molecule has 0 aliphatic carbocycles. The summed E-state index contributed by atoms with van der Waals surface area (Å²) in [7, 11) is 0. The van der Waals surface area contributed by atoms with Gasteiger partial charge < -0.3 is 24.2 Å². The van der Waals surface area contributed by atoms with Crippen molar-refractivity contribution in [3.8, 4) is 11.5 Å². The lowest BCUT2D eigenvalue weighted by Gasteiger charge is -2.29. The van der Waals surface area contributed by atoms with Gasteiger partial charge in [-0.25, -0.2) is 0 Å². The first-order valence-corrected chi connectivity index (χ1v) is 13.6. The number of carbonyl (C=O) groups excluding carboxylic acids is 2. The van der Waals surface area contributed by atoms with Gasteiger partial charge in [0.05, 0.1) is 38.0 Å². The third-order valence-corrected chi connectivity index (χ3v) is 6.79. The second-order valence-electron chi connectivity index (χ2n) is 9.59. The number of benzene rings is 2. The van der Waals surface area contributed by atoms with Gasteiger partial charge in [0, 0.05) is 31.7 Å². The summed E-state index contributed by atoms with van der Waals surface area (Å²) in [6.45, 7) is 9.63. The first kappa shape index (κ1) is 27.7. The number of rotatable bonds is 12. The maximum absolute atomic E-state index is 13.3. The van der Waals surface area contributed by atoms with Gasteiger partial charge in [0.15, 0.2) is 0 Å². The van der Waals surface area contributed by atoms with Crippen LogP contribution in [-0.2, 0) is 14.3 Å². The number of hydrogen-bond donors (Lipinski definition) is 1. The number of hydrogen-bond acceptors (Lipinski definition) is 7. The van der Waals surface area contributed by atoms with E-state index in [9.17, 15) is 14.7 Å². The molecule has 204 valence electrons. The maximum atomic E-state index is 13.3. The number of likely N-dealkylation sites (tertiary alicyclic amines) is 1. The lowest BCUT2D eigenvalue weighted by molar-refractivity contribution is -0.140. The van der Waals surface area contributed by atoms with Crippen molar-refractivity contribution >= 4 is 17.4 Å². The average molecular weight is 523 g/mol. The summed E-state index contributed by atoms with van der Waals surface area (Å²) < 4.78 is 16.8. The molecule has 0 aromatic heterocycles. The molecule has 1 amide bonds. The molecule has 2 aliphatic rings. The quantitative estimate of drug-likeness (QED) is 0.251. The Balaban J connectivity index is 1.63. The van der Waals surface area contributed by atoms with Gasteiger partial charge in [-0.15, -0.1) is 0 Å². The van der Waals surface area contributed by atoms with Gasteiger partial charge in [0.2, 0.25) is 0 Å². The zero-order valence-electron chi connectivity index (χ0n) is 22.4. The number of nitrogens with zero attached hydrogens (tertiary/aromatic N) is 2. The van der Waals surface area contributed by atoms with Crippen LogP contribution in [0.25, 0.3) is 5.76 Å². The molecule has 0 bridgehead atoms. The van der Waals surface area contributed by atoms with Gasteiger partial charge in [-0.05, 0) is 61.2 Å². The summed E-state index contributed by atoms with van der Waals surface area (Å²) >= 11 is 0. The van der Waals surface area contributed by atoms with E-state index in [2.05, 4.69) is 4.90 Å². The highest BCUT2D eigenvalue weighted by Gasteiger charge is 2.45. The van der Waals surface area contributed by atoms with E-state index in [1.165, 1.54) is 0 Å². The number of aliphatic hydroxyl groups is 1. The molecular formula is C30H38N2O6. The predicted octanol–water partition coefficient (Wildman–Crippen LogP) is 4.41. The van der Waals surface area contributed by atoms with E-state index in [0.29, 0.717) is 50.7 Å². The minimum atomic E-state index is -0.684. The van der Waals surface area contributed by atoms with Crippen LogP contribution >= 0.6 is 0 Å². The zero-order chi connectivity index (χ0) is 26.9. The minimum Gasteiger partial charge on any atom is -0.507 e. The second kappa shape index (κ2) is 13.4. The largest absolute Gasteiger partial charge is 0.507 e. The molecule has 2 aliphatic heterocycles. The SMILES string of the molecule is CCCOc1ccc(C(O)=C2C(=O)C(=O)N(CCCN3CCOCC3)[C@@H]2c2ccc(OCCC)cc2)cc1. The Kier molecular flexibility index (Phi) is 9.79. The van der Waals surface area contributed by atoms with Gasteiger partial charge in [-0.3, -0.25) is 14.5 Å². The van der Waals surface area contributed by atoms with Crippen LogP contribution in [0.4, 0.5) is 0 Å². The number of ether oxygens (including phenoxy) is 3. The van der Waals surface area contributed by atoms with Crippen LogP contribution < -0.4 is 9.47 Å². The second-order valence-corrected chi connectivity index (χ2v) is 9.59. The van der Waals surface area contributed by atoms with Gasteiger partial charge in [0.1, 0.15) is 17.3 Å². The number of amides is 1. The predicted molar refractivity (Wildman–Crippen MR) is 145 cm³/mol. The van der Waals surface area contributed by atoms with E-state index in [0.717, 1.165) is 43.8 Å². The van der Waals surface area contributed by atoms with Crippen molar-refractivity contribution in [3.63, 3.8) is 0 Å². The topological polar surface area (TPSA) is 88.5 Å². The molecule has 38 heavy (non-hydrogen) atoms. The molecule has 2 saturated heterocycles. The molecule has 0 unspecified atom stereocenters. The van der Waals surface area contributed by atoms with Crippen molar-refractivity contribution in [2.45, 2.75) is 39.2 Å². The number of carbonyl (C=O) groups is 2. The summed E-state index contributed by atoms with van der Waals surface area (Å²) in [5.41, 5.74) is 1.32. The van der Waals surface area contributed by atoms with Crippen molar-refractivity contribution in [3.05, 3.63) is 65.2 Å². The fourth-order valence-corrected chi connectivity index (χ4v) is 4.80. The monoisotopic (exact) mass is 522 g/mol. The number of ketones is 1. The van der Waals surface area contributed by atoms with Crippen LogP contribution in [0, 0.1) is 0 Å².